The summed E-state index contributed by atoms with van der Waals surface area (Å²) in [5.74, 6) is 0.151. The summed E-state index contributed by atoms with van der Waals surface area (Å²) in [6.07, 6.45) is 0.666. The number of nitrogens with two attached hydrogens (primary N) is 1. The van der Waals surface area contributed by atoms with Crippen molar-refractivity contribution in [2.24, 2.45) is 0 Å². The van der Waals surface area contributed by atoms with Gasteiger partial charge in [-0.05, 0) is 18.6 Å². The van der Waals surface area contributed by atoms with Gasteiger partial charge in [0.15, 0.2) is 0 Å². The molecule has 0 aliphatic carbocycles. The summed E-state index contributed by atoms with van der Waals surface area (Å²) in [6, 6.07) is 4.59. The van der Waals surface area contributed by atoms with Gasteiger partial charge in [0.25, 0.3) is 5.91 Å². The molecule has 17 heavy (non-hydrogen) atoms. The molecule has 1 aromatic carbocycles. The predicted molar refractivity (Wildman–Crippen MR) is 66.0 cm³/mol. The van der Waals surface area contributed by atoms with E-state index in [1.165, 1.54) is 7.11 Å². The van der Waals surface area contributed by atoms with E-state index >= 15 is 0 Å². The minimum Gasteiger partial charge on any atom is -0.496 e. The van der Waals surface area contributed by atoms with Crippen LogP contribution in [0.2, 0.25) is 0 Å². The molecule has 0 heterocycles. The number of hydrogen-bond acceptors (Lipinski definition) is 4. The average molecular weight is 238 g/mol. The predicted octanol–water partition coefficient (Wildman–Crippen LogP) is 0.778. The molecule has 5 heteroatoms. The van der Waals surface area contributed by atoms with Gasteiger partial charge < -0.3 is 20.9 Å². The van der Waals surface area contributed by atoms with Crippen molar-refractivity contribution in [1.29, 1.82) is 0 Å². The maximum atomic E-state index is 11.9. The third-order valence-electron chi connectivity index (χ3n) is 2.52. The van der Waals surface area contributed by atoms with Gasteiger partial charge in [0.2, 0.25) is 0 Å². The summed E-state index contributed by atoms with van der Waals surface area (Å²) in [7, 11) is 1.48. The van der Waals surface area contributed by atoms with Crippen molar-refractivity contribution in [1.82, 2.24) is 5.32 Å². The van der Waals surface area contributed by atoms with E-state index in [0.29, 0.717) is 23.4 Å². The number of ether oxygens (including phenoxy) is 1. The minimum atomic E-state index is -0.275. The number of nitrogen functional groups attached to an aromatic ring is 1. The number of amides is 1. The van der Waals surface area contributed by atoms with Crippen LogP contribution in [0.1, 0.15) is 23.7 Å². The fraction of sp³-hybridized carbons (Fsp3) is 0.417. The van der Waals surface area contributed by atoms with E-state index in [2.05, 4.69) is 5.32 Å². The lowest BCUT2D eigenvalue weighted by atomic mass is 10.1. The Morgan fingerprint density at radius 2 is 2.29 bits per heavy atom. The van der Waals surface area contributed by atoms with Crippen LogP contribution in [0, 0.1) is 0 Å². The largest absolute Gasteiger partial charge is 0.496 e. The molecule has 5 nitrogen and oxygen atoms in total. The molecule has 1 rings (SSSR count). The maximum absolute atomic E-state index is 11.9. The van der Waals surface area contributed by atoms with Crippen LogP contribution < -0.4 is 15.8 Å². The molecule has 0 unspecified atom stereocenters. The van der Waals surface area contributed by atoms with Crippen LogP contribution in [0.4, 0.5) is 5.69 Å². The number of anilines is 1. The van der Waals surface area contributed by atoms with Gasteiger partial charge in [-0.15, -0.1) is 0 Å². The van der Waals surface area contributed by atoms with Crippen molar-refractivity contribution < 1.29 is 14.6 Å². The van der Waals surface area contributed by atoms with E-state index in [4.69, 9.17) is 15.6 Å². The van der Waals surface area contributed by atoms with Crippen LogP contribution in [0.15, 0.2) is 18.2 Å². The van der Waals surface area contributed by atoms with Crippen molar-refractivity contribution in [3.05, 3.63) is 23.8 Å². The zero-order valence-corrected chi connectivity index (χ0v) is 10.1. The van der Waals surface area contributed by atoms with Crippen molar-refractivity contribution in [3.63, 3.8) is 0 Å². The third kappa shape index (κ3) is 3.35. The van der Waals surface area contributed by atoms with Gasteiger partial charge in [-0.25, -0.2) is 0 Å². The lowest BCUT2D eigenvalue weighted by molar-refractivity contribution is 0.0912. The van der Waals surface area contributed by atoms with Gasteiger partial charge >= 0.3 is 0 Å². The standard InChI is InChI=1S/C12H18N2O3/c1-3-9(7-15)14-12(16)10-5-4-8(13)6-11(10)17-2/h4-6,9,15H,3,7,13H2,1-2H3,(H,14,16)/t9-/m0/s1. The molecule has 0 saturated heterocycles. The lowest BCUT2D eigenvalue weighted by Gasteiger charge is -2.15. The van der Waals surface area contributed by atoms with Crippen LogP contribution in [0.5, 0.6) is 5.75 Å². The fourth-order valence-electron chi connectivity index (χ4n) is 1.44. The maximum Gasteiger partial charge on any atom is 0.255 e. The Bertz CT molecular complexity index is 389. The topological polar surface area (TPSA) is 84.6 Å². The number of methoxy groups -OCH3 is 1. The molecule has 4 N–H and O–H groups in total. The zero-order chi connectivity index (χ0) is 12.8. The summed E-state index contributed by atoms with van der Waals surface area (Å²) >= 11 is 0. The first-order valence-electron chi connectivity index (χ1n) is 5.47. The van der Waals surface area contributed by atoms with Gasteiger partial charge in [0.05, 0.1) is 25.3 Å². The van der Waals surface area contributed by atoms with E-state index < -0.39 is 0 Å². The van der Waals surface area contributed by atoms with Crippen LogP contribution >= 0.6 is 0 Å². The molecule has 0 aliphatic heterocycles. The molecule has 0 spiro atoms. The van der Waals surface area contributed by atoms with Crippen LogP contribution in [-0.2, 0) is 0 Å². The second kappa shape index (κ2) is 6.10. The van der Waals surface area contributed by atoms with Crippen molar-refractivity contribution >= 4 is 11.6 Å². The molecule has 1 atom stereocenters. The molecule has 0 aromatic heterocycles. The first kappa shape index (κ1) is 13.3. The average Bonchev–Trinajstić information content (AvgIpc) is 2.35. The highest BCUT2D eigenvalue weighted by Crippen LogP contribution is 2.21. The molecule has 1 aromatic rings. The Balaban J connectivity index is 2.88. The Hall–Kier alpha value is -1.75. The SMILES string of the molecule is CC[C@@H](CO)NC(=O)c1ccc(N)cc1OC. The number of benzene rings is 1. The summed E-state index contributed by atoms with van der Waals surface area (Å²) in [4.78, 5) is 11.9. The molecular weight excluding hydrogens is 220 g/mol. The third-order valence-corrected chi connectivity index (χ3v) is 2.52. The highest BCUT2D eigenvalue weighted by molar-refractivity contribution is 5.97. The Morgan fingerprint density at radius 1 is 1.59 bits per heavy atom. The van der Waals surface area contributed by atoms with Crippen molar-refractivity contribution in [3.8, 4) is 5.75 Å². The highest BCUT2D eigenvalue weighted by Gasteiger charge is 2.15. The number of hydrogen-bond donors (Lipinski definition) is 3. The van der Waals surface area contributed by atoms with Gasteiger partial charge in [-0.1, -0.05) is 6.92 Å². The Kier molecular flexibility index (Phi) is 4.78. The quantitative estimate of drug-likeness (QED) is 0.662. The first-order valence-corrected chi connectivity index (χ1v) is 5.47. The summed E-state index contributed by atoms with van der Waals surface area (Å²) in [5, 5.41) is 11.7. The second-order valence-electron chi connectivity index (χ2n) is 3.72. The monoisotopic (exact) mass is 238 g/mol. The number of aliphatic hydroxyl groups excluding tert-OH is 1. The number of nitrogens with one attached hydrogen (secondary N) is 1. The van der Waals surface area contributed by atoms with Crippen LogP contribution in [-0.4, -0.2) is 30.8 Å². The van der Waals surface area contributed by atoms with Crippen molar-refractivity contribution in [2.75, 3.05) is 19.5 Å². The van der Waals surface area contributed by atoms with E-state index in [9.17, 15) is 4.79 Å². The summed E-state index contributed by atoms with van der Waals surface area (Å²) < 4.78 is 5.09. The molecule has 0 bridgehead atoms. The lowest BCUT2D eigenvalue weighted by Crippen LogP contribution is -2.37. The van der Waals surface area contributed by atoms with E-state index in [1.54, 1.807) is 18.2 Å². The number of aliphatic hydroxyl groups is 1. The van der Waals surface area contributed by atoms with Crippen LogP contribution in [0.3, 0.4) is 0 Å². The van der Waals surface area contributed by atoms with Gasteiger partial charge in [-0.2, -0.15) is 0 Å². The van der Waals surface area contributed by atoms with E-state index in [1.807, 2.05) is 6.92 Å². The fourth-order valence-corrected chi connectivity index (χ4v) is 1.44. The molecule has 0 fully saturated rings. The first-order chi connectivity index (χ1) is 8.12. The van der Waals surface area contributed by atoms with E-state index in [-0.39, 0.29) is 18.6 Å². The highest BCUT2D eigenvalue weighted by atomic mass is 16.5. The Labute approximate surface area is 101 Å². The zero-order valence-electron chi connectivity index (χ0n) is 10.1. The molecule has 0 aliphatic rings. The molecule has 0 saturated carbocycles. The second-order valence-corrected chi connectivity index (χ2v) is 3.72. The molecule has 94 valence electrons. The van der Waals surface area contributed by atoms with Gasteiger partial charge in [0.1, 0.15) is 5.75 Å². The number of rotatable bonds is 5. The van der Waals surface area contributed by atoms with Crippen molar-refractivity contribution in [2.45, 2.75) is 19.4 Å². The molecule has 1 amide bonds. The molecule has 0 radical (unpaired) electrons. The summed E-state index contributed by atoms with van der Waals surface area (Å²) in [5.41, 5.74) is 6.55. The number of carbonyl (C=O) groups is 1. The summed E-state index contributed by atoms with van der Waals surface area (Å²) in [6.45, 7) is 1.81. The normalized spacial score (nSPS) is 11.9. The van der Waals surface area contributed by atoms with E-state index in [0.717, 1.165) is 0 Å². The van der Waals surface area contributed by atoms with Gasteiger partial charge in [0, 0.05) is 11.8 Å². The smallest absolute Gasteiger partial charge is 0.255 e. The molecular formula is C12H18N2O3. The van der Waals surface area contributed by atoms with Crippen LogP contribution in [0.25, 0.3) is 0 Å². The number of carbonyl (C=O) groups excluding carboxylic acids is 1. The Morgan fingerprint density at radius 3 is 2.82 bits per heavy atom. The van der Waals surface area contributed by atoms with Gasteiger partial charge in [-0.3, -0.25) is 4.79 Å². The minimum absolute atomic E-state index is 0.0838.